The molecule has 1 aromatic carbocycles. The highest BCUT2D eigenvalue weighted by Crippen LogP contribution is 2.18. The zero-order valence-electron chi connectivity index (χ0n) is 16.2. The Kier molecular flexibility index (Phi) is 9.06. The van der Waals surface area contributed by atoms with Crippen molar-refractivity contribution in [2.75, 3.05) is 33.2 Å². The summed E-state index contributed by atoms with van der Waals surface area (Å²) in [7, 11) is 1.79. The molecule has 0 saturated carbocycles. The number of halogens is 1. The summed E-state index contributed by atoms with van der Waals surface area (Å²) in [6, 6.07) is 8.18. The zero-order valence-corrected chi connectivity index (χ0v) is 18.5. The summed E-state index contributed by atoms with van der Waals surface area (Å²) in [5.74, 6) is 1.45. The lowest BCUT2D eigenvalue weighted by atomic mass is 10.1. The van der Waals surface area contributed by atoms with Crippen LogP contribution in [0.2, 0.25) is 0 Å². The van der Waals surface area contributed by atoms with Crippen LogP contribution in [0.4, 0.5) is 0 Å². The molecular formula is C20H30IN5O. The average Bonchev–Trinajstić information content (AvgIpc) is 3.33. The molecule has 0 bridgehead atoms. The Morgan fingerprint density at radius 2 is 1.93 bits per heavy atom. The third-order valence-corrected chi connectivity index (χ3v) is 4.65. The fourth-order valence-electron chi connectivity index (χ4n) is 3.13. The minimum absolute atomic E-state index is 0. The molecule has 0 radical (unpaired) electrons. The molecule has 2 aromatic rings. The largest absolute Gasteiger partial charge is 0.444 e. The molecule has 3 rings (SSSR count). The molecule has 27 heavy (non-hydrogen) atoms. The van der Waals surface area contributed by atoms with E-state index in [2.05, 4.69) is 44.6 Å². The van der Waals surface area contributed by atoms with Crippen molar-refractivity contribution in [2.24, 2.45) is 4.99 Å². The second kappa shape index (κ2) is 11.3. The van der Waals surface area contributed by atoms with Crippen molar-refractivity contribution in [2.45, 2.75) is 32.7 Å². The van der Waals surface area contributed by atoms with E-state index in [9.17, 15) is 0 Å². The number of nitrogens with one attached hydrogen (secondary N) is 2. The van der Waals surface area contributed by atoms with Crippen LogP contribution in [-0.4, -0.2) is 49.1 Å². The Morgan fingerprint density at radius 1 is 1.19 bits per heavy atom. The Labute approximate surface area is 178 Å². The Bertz CT molecular complexity index is 707. The van der Waals surface area contributed by atoms with Crippen LogP contribution < -0.4 is 10.6 Å². The van der Waals surface area contributed by atoms with Crippen molar-refractivity contribution in [3.05, 3.63) is 41.8 Å². The van der Waals surface area contributed by atoms with Crippen molar-refractivity contribution in [3.63, 3.8) is 0 Å². The van der Waals surface area contributed by atoms with E-state index in [1.54, 1.807) is 13.3 Å². The number of hydrogen-bond acceptors (Lipinski definition) is 4. The van der Waals surface area contributed by atoms with Crippen LogP contribution in [0.3, 0.4) is 0 Å². The maximum atomic E-state index is 5.60. The molecule has 0 unspecified atom stereocenters. The summed E-state index contributed by atoms with van der Waals surface area (Å²) in [6.45, 7) is 7.24. The number of nitrogens with zero attached hydrogens (tertiary/aromatic N) is 3. The quantitative estimate of drug-likeness (QED) is 0.274. The smallest absolute Gasteiger partial charge is 0.226 e. The standard InChI is InChI=1S/C20H29N5O.HI/c1-16-6-8-17(9-7-16)19-24-18(15-26-19)14-23-20(21-2)22-10-5-13-25-11-3-4-12-25;/h6-9,15H,3-5,10-14H2,1-2H3,(H2,21,22,23);1H. The second-order valence-corrected chi connectivity index (χ2v) is 6.76. The number of rotatable bonds is 7. The molecule has 0 spiro atoms. The normalized spacial score (nSPS) is 14.8. The van der Waals surface area contributed by atoms with Gasteiger partial charge in [-0.25, -0.2) is 4.98 Å². The Balaban J connectivity index is 0.00000261. The fourth-order valence-corrected chi connectivity index (χ4v) is 3.13. The molecule has 1 fully saturated rings. The molecule has 2 heterocycles. The third kappa shape index (κ3) is 6.80. The summed E-state index contributed by atoms with van der Waals surface area (Å²) >= 11 is 0. The van der Waals surface area contributed by atoms with Gasteiger partial charge in [-0.1, -0.05) is 17.7 Å². The average molecular weight is 483 g/mol. The first-order valence-electron chi connectivity index (χ1n) is 9.43. The molecule has 1 aromatic heterocycles. The van der Waals surface area contributed by atoms with E-state index in [4.69, 9.17) is 4.42 Å². The minimum atomic E-state index is 0. The molecule has 1 aliphatic rings. The van der Waals surface area contributed by atoms with Gasteiger partial charge in [-0.2, -0.15) is 0 Å². The van der Waals surface area contributed by atoms with Gasteiger partial charge in [0, 0.05) is 19.2 Å². The van der Waals surface area contributed by atoms with Crippen molar-refractivity contribution < 1.29 is 4.42 Å². The molecule has 0 aliphatic carbocycles. The number of hydrogen-bond donors (Lipinski definition) is 2. The summed E-state index contributed by atoms with van der Waals surface area (Å²) < 4.78 is 5.60. The van der Waals surface area contributed by atoms with E-state index in [1.165, 1.54) is 31.5 Å². The number of aliphatic imine (C=N–C) groups is 1. The van der Waals surface area contributed by atoms with Crippen molar-refractivity contribution >= 4 is 29.9 Å². The lowest BCUT2D eigenvalue weighted by Crippen LogP contribution is -2.38. The number of likely N-dealkylation sites (tertiary alicyclic amines) is 1. The SMILES string of the molecule is CN=C(NCCCN1CCCC1)NCc1coc(-c2ccc(C)cc2)n1.I. The lowest BCUT2D eigenvalue weighted by Gasteiger charge is -2.15. The third-order valence-electron chi connectivity index (χ3n) is 4.65. The molecule has 148 valence electrons. The number of aromatic nitrogens is 1. The number of aryl methyl sites for hydroxylation is 1. The van der Waals surface area contributed by atoms with Crippen molar-refractivity contribution in [1.82, 2.24) is 20.5 Å². The van der Waals surface area contributed by atoms with E-state index >= 15 is 0 Å². The summed E-state index contributed by atoms with van der Waals surface area (Å²) in [6.07, 6.45) is 5.52. The van der Waals surface area contributed by atoms with Gasteiger partial charge in [0.2, 0.25) is 5.89 Å². The van der Waals surface area contributed by atoms with Gasteiger partial charge in [-0.15, -0.1) is 24.0 Å². The highest BCUT2D eigenvalue weighted by molar-refractivity contribution is 14.0. The number of oxazole rings is 1. The van der Waals surface area contributed by atoms with Crippen molar-refractivity contribution in [3.8, 4) is 11.5 Å². The Morgan fingerprint density at radius 3 is 2.63 bits per heavy atom. The molecule has 0 atom stereocenters. The van der Waals surface area contributed by atoms with Crippen LogP contribution in [-0.2, 0) is 6.54 Å². The molecule has 1 aliphatic heterocycles. The van der Waals surface area contributed by atoms with Gasteiger partial charge >= 0.3 is 0 Å². The van der Waals surface area contributed by atoms with Gasteiger partial charge in [0.1, 0.15) is 6.26 Å². The van der Waals surface area contributed by atoms with Gasteiger partial charge in [0.15, 0.2) is 5.96 Å². The first kappa shape index (κ1) is 21.7. The summed E-state index contributed by atoms with van der Waals surface area (Å²) in [5.41, 5.74) is 3.08. The number of guanidine groups is 1. The van der Waals surface area contributed by atoms with E-state index in [-0.39, 0.29) is 24.0 Å². The van der Waals surface area contributed by atoms with E-state index in [0.29, 0.717) is 12.4 Å². The molecular weight excluding hydrogens is 453 g/mol. The minimum Gasteiger partial charge on any atom is -0.444 e. The van der Waals surface area contributed by atoms with Gasteiger partial charge < -0.3 is 20.0 Å². The zero-order chi connectivity index (χ0) is 18.2. The van der Waals surface area contributed by atoms with Crippen molar-refractivity contribution in [1.29, 1.82) is 0 Å². The molecule has 0 amide bonds. The van der Waals surface area contributed by atoms with Crippen LogP contribution in [0.15, 0.2) is 39.9 Å². The fraction of sp³-hybridized carbons (Fsp3) is 0.500. The Hall–Kier alpha value is -1.61. The molecule has 6 nitrogen and oxygen atoms in total. The second-order valence-electron chi connectivity index (χ2n) is 6.76. The maximum Gasteiger partial charge on any atom is 0.226 e. The predicted octanol–water partition coefficient (Wildman–Crippen LogP) is 3.42. The highest BCUT2D eigenvalue weighted by atomic mass is 127. The molecule has 7 heteroatoms. The topological polar surface area (TPSA) is 65.7 Å². The van der Waals surface area contributed by atoms with E-state index < -0.39 is 0 Å². The lowest BCUT2D eigenvalue weighted by molar-refractivity contribution is 0.334. The summed E-state index contributed by atoms with van der Waals surface area (Å²) in [4.78, 5) is 11.3. The predicted molar refractivity (Wildman–Crippen MR) is 121 cm³/mol. The van der Waals surface area contributed by atoms with Gasteiger partial charge in [-0.05, 0) is 58.0 Å². The summed E-state index contributed by atoms with van der Waals surface area (Å²) in [5, 5.41) is 6.65. The van der Waals surface area contributed by atoms with Crippen LogP contribution in [0.1, 0.15) is 30.5 Å². The highest BCUT2D eigenvalue weighted by Gasteiger charge is 2.10. The molecule has 2 N–H and O–H groups in total. The van der Waals surface area contributed by atoms with Crippen LogP contribution in [0.5, 0.6) is 0 Å². The van der Waals surface area contributed by atoms with Gasteiger partial charge in [-0.3, -0.25) is 4.99 Å². The van der Waals surface area contributed by atoms with Gasteiger partial charge in [0.05, 0.1) is 12.2 Å². The van der Waals surface area contributed by atoms with E-state index in [1.807, 2.05) is 12.1 Å². The monoisotopic (exact) mass is 483 g/mol. The first-order chi connectivity index (χ1) is 12.7. The van der Waals surface area contributed by atoms with Gasteiger partial charge in [0.25, 0.3) is 0 Å². The first-order valence-corrected chi connectivity index (χ1v) is 9.43. The molecule has 1 saturated heterocycles. The van der Waals surface area contributed by atoms with Crippen LogP contribution >= 0.6 is 24.0 Å². The van der Waals surface area contributed by atoms with Crippen LogP contribution in [0, 0.1) is 6.92 Å². The number of benzene rings is 1. The van der Waals surface area contributed by atoms with Crippen LogP contribution in [0.25, 0.3) is 11.5 Å². The maximum absolute atomic E-state index is 5.60. The van der Waals surface area contributed by atoms with E-state index in [0.717, 1.165) is 36.7 Å².